The first kappa shape index (κ1) is 25.5. The first-order valence-electron chi connectivity index (χ1n) is 11.9. The average Bonchev–Trinajstić information content (AvgIpc) is 2.92. The summed E-state index contributed by atoms with van der Waals surface area (Å²) in [7, 11) is 3.28. The molecule has 3 aromatic rings. The largest absolute Gasteiger partial charge is 0.376 e. The highest BCUT2D eigenvalue weighted by Gasteiger charge is 2.48. The van der Waals surface area contributed by atoms with Crippen molar-refractivity contribution in [2.45, 2.75) is 50.5 Å². The van der Waals surface area contributed by atoms with Crippen LogP contribution < -0.4 is 0 Å². The molecule has 3 aromatic carbocycles. The van der Waals surface area contributed by atoms with Gasteiger partial charge in [-0.05, 0) is 16.7 Å². The Labute approximate surface area is 207 Å². The van der Waals surface area contributed by atoms with Crippen LogP contribution in [0.25, 0.3) is 0 Å². The summed E-state index contributed by atoms with van der Waals surface area (Å²) in [4.78, 5) is 0. The molecule has 0 radical (unpaired) electrons. The highest BCUT2D eigenvalue weighted by atomic mass is 16.7. The van der Waals surface area contributed by atoms with E-state index < -0.39 is 24.6 Å². The minimum Gasteiger partial charge on any atom is -0.376 e. The Morgan fingerprint density at radius 3 is 1.54 bits per heavy atom. The van der Waals surface area contributed by atoms with E-state index in [1.807, 2.05) is 91.0 Å². The van der Waals surface area contributed by atoms with Crippen LogP contribution in [0.2, 0.25) is 0 Å². The van der Waals surface area contributed by atoms with Crippen LogP contribution >= 0.6 is 0 Å². The molecule has 1 fully saturated rings. The zero-order chi connectivity index (χ0) is 24.3. The standard InChI is InChI=1S/C29H34O6/c1-30-26-25(21-32-18-22-12-6-3-7-13-22)35-29(31-2)28(34-20-24-16-10-5-11-17-24)27(26)33-19-23-14-8-4-9-15-23/h3-17,25-29H,18-21H2,1-2H3/t25?,26-,27+,28?,29+/m1/s1. The quantitative estimate of drug-likeness (QED) is 0.374. The molecule has 5 atom stereocenters. The zero-order valence-electron chi connectivity index (χ0n) is 20.3. The predicted molar refractivity (Wildman–Crippen MR) is 133 cm³/mol. The Hall–Kier alpha value is -2.58. The fourth-order valence-corrected chi connectivity index (χ4v) is 4.25. The molecular weight excluding hydrogens is 444 g/mol. The summed E-state index contributed by atoms with van der Waals surface area (Å²) >= 11 is 0. The van der Waals surface area contributed by atoms with Crippen LogP contribution in [0.15, 0.2) is 91.0 Å². The van der Waals surface area contributed by atoms with Crippen molar-refractivity contribution in [3.63, 3.8) is 0 Å². The molecule has 1 aliphatic rings. The molecule has 0 aromatic heterocycles. The summed E-state index contributed by atoms with van der Waals surface area (Å²) in [6, 6.07) is 30.1. The zero-order valence-corrected chi connectivity index (χ0v) is 20.3. The highest BCUT2D eigenvalue weighted by Crippen LogP contribution is 2.30. The van der Waals surface area contributed by atoms with Gasteiger partial charge in [0, 0.05) is 14.2 Å². The average molecular weight is 479 g/mol. The van der Waals surface area contributed by atoms with E-state index in [9.17, 15) is 0 Å². The molecular formula is C29H34O6. The number of methoxy groups -OCH3 is 2. The number of hydrogen-bond acceptors (Lipinski definition) is 6. The van der Waals surface area contributed by atoms with E-state index in [0.717, 1.165) is 16.7 Å². The molecule has 1 aliphatic heterocycles. The third-order valence-electron chi connectivity index (χ3n) is 6.06. The van der Waals surface area contributed by atoms with E-state index in [-0.39, 0.29) is 6.10 Å². The fourth-order valence-electron chi connectivity index (χ4n) is 4.25. The molecule has 35 heavy (non-hydrogen) atoms. The van der Waals surface area contributed by atoms with Gasteiger partial charge in [0.25, 0.3) is 0 Å². The Kier molecular flexibility index (Phi) is 9.84. The third-order valence-corrected chi connectivity index (χ3v) is 6.06. The molecule has 4 rings (SSSR count). The number of hydrogen-bond donors (Lipinski definition) is 0. The topological polar surface area (TPSA) is 55.4 Å². The number of benzene rings is 3. The molecule has 6 heteroatoms. The van der Waals surface area contributed by atoms with Gasteiger partial charge in [-0.25, -0.2) is 0 Å². The second-order valence-electron chi connectivity index (χ2n) is 8.50. The SMILES string of the molecule is CO[C@H]1OC(COCc2ccccc2)[C@@H](OC)[C@H](OCc2ccccc2)C1OCc1ccccc1. The normalized spacial score (nSPS) is 24.3. The van der Waals surface area contributed by atoms with Gasteiger partial charge < -0.3 is 28.4 Å². The van der Waals surface area contributed by atoms with Crippen molar-refractivity contribution in [2.75, 3.05) is 20.8 Å². The lowest BCUT2D eigenvalue weighted by Gasteiger charge is -2.45. The van der Waals surface area contributed by atoms with Crippen LogP contribution in [0.5, 0.6) is 0 Å². The van der Waals surface area contributed by atoms with E-state index in [2.05, 4.69) is 0 Å². The van der Waals surface area contributed by atoms with Gasteiger partial charge in [0.2, 0.25) is 0 Å². The molecule has 0 saturated carbocycles. The summed E-state index contributed by atoms with van der Waals surface area (Å²) in [5, 5.41) is 0. The molecule has 0 bridgehead atoms. The summed E-state index contributed by atoms with van der Waals surface area (Å²) < 4.78 is 36.7. The fraction of sp³-hybridized carbons (Fsp3) is 0.379. The Morgan fingerprint density at radius 1 is 0.571 bits per heavy atom. The van der Waals surface area contributed by atoms with Crippen LogP contribution in [0.1, 0.15) is 16.7 Å². The van der Waals surface area contributed by atoms with E-state index in [1.54, 1.807) is 14.2 Å². The van der Waals surface area contributed by atoms with Gasteiger partial charge >= 0.3 is 0 Å². The first-order chi connectivity index (χ1) is 17.3. The van der Waals surface area contributed by atoms with Gasteiger partial charge in [-0.2, -0.15) is 0 Å². The van der Waals surface area contributed by atoms with Gasteiger partial charge in [0.15, 0.2) is 6.29 Å². The molecule has 0 amide bonds. The molecule has 1 saturated heterocycles. The smallest absolute Gasteiger partial charge is 0.186 e. The van der Waals surface area contributed by atoms with E-state index >= 15 is 0 Å². The molecule has 1 heterocycles. The van der Waals surface area contributed by atoms with Crippen LogP contribution in [0, 0.1) is 0 Å². The second kappa shape index (κ2) is 13.5. The van der Waals surface area contributed by atoms with E-state index in [1.165, 1.54) is 0 Å². The maximum absolute atomic E-state index is 6.43. The summed E-state index contributed by atoms with van der Waals surface area (Å²) in [5.74, 6) is 0. The van der Waals surface area contributed by atoms with Crippen molar-refractivity contribution < 1.29 is 28.4 Å². The van der Waals surface area contributed by atoms with Gasteiger partial charge in [0.1, 0.15) is 24.4 Å². The lowest BCUT2D eigenvalue weighted by Crippen LogP contribution is -2.61. The van der Waals surface area contributed by atoms with Crippen molar-refractivity contribution in [3.05, 3.63) is 108 Å². The van der Waals surface area contributed by atoms with Crippen molar-refractivity contribution in [3.8, 4) is 0 Å². The molecule has 186 valence electrons. The minimum atomic E-state index is -0.629. The maximum Gasteiger partial charge on any atom is 0.186 e. The Morgan fingerprint density at radius 2 is 1.06 bits per heavy atom. The Bertz CT molecular complexity index is 968. The minimum absolute atomic E-state index is 0.337. The van der Waals surface area contributed by atoms with Crippen molar-refractivity contribution in [1.29, 1.82) is 0 Å². The maximum atomic E-state index is 6.43. The van der Waals surface area contributed by atoms with Crippen molar-refractivity contribution >= 4 is 0 Å². The molecule has 6 nitrogen and oxygen atoms in total. The monoisotopic (exact) mass is 478 g/mol. The summed E-state index contributed by atoms with van der Waals surface area (Å²) in [5.41, 5.74) is 3.23. The predicted octanol–water partition coefficient (Wildman–Crippen LogP) is 4.76. The second-order valence-corrected chi connectivity index (χ2v) is 8.50. The van der Waals surface area contributed by atoms with Crippen LogP contribution in [-0.4, -0.2) is 51.5 Å². The Balaban J connectivity index is 1.48. The van der Waals surface area contributed by atoms with Crippen molar-refractivity contribution in [1.82, 2.24) is 0 Å². The molecule has 0 N–H and O–H groups in total. The van der Waals surface area contributed by atoms with E-state index in [0.29, 0.717) is 26.4 Å². The van der Waals surface area contributed by atoms with Crippen LogP contribution in [0.4, 0.5) is 0 Å². The van der Waals surface area contributed by atoms with Gasteiger partial charge in [-0.3, -0.25) is 0 Å². The lowest BCUT2D eigenvalue weighted by molar-refractivity contribution is -0.319. The highest BCUT2D eigenvalue weighted by molar-refractivity contribution is 5.15. The third kappa shape index (κ3) is 7.21. The van der Waals surface area contributed by atoms with E-state index in [4.69, 9.17) is 28.4 Å². The molecule has 0 spiro atoms. The summed E-state index contributed by atoms with van der Waals surface area (Å²) in [6.07, 6.45) is -2.32. The molecule has 2 unspecified atom stereocenters. The summed E-state index contributed by atoms with van der Waals surface area (Å²) in [6.45, 7) is 1.65. The molecule has 0 aliphatic carbocycles. The first-order valence-corrected chi connectivity index (χ1v) is 11.9. The number of rotatable bonds is 12. The van der Waals surface area contributed by atoms with Gasteiger partial charge in [0.05, 0.1) is 26.4 Å². The van der Waals surface area contributed by atoms with Crippen molar-refractivity contribution in [2.24, 2.45) is 0 Å². The van der Waals surface area contributed by atoms with Gasteiger partial charge in [-0.15, -0.1) is 0 Å². The van der Waals surface area contributed by atoms with Gasteiger partial charge in [-0.1, -0.05) is 91.0 Å². The number of ether oxygens (including phenoxy) is 6. The van der Waals surface area contributed by atoms with Crippen LogP contribution in [0.3, 0.4) is 0 Å². The van der Waals surface area contributed by atoms with Crippen LogP contribution in [-0.2, 0) is 48.2 Å². The lowest BCUT2D eigenvalue weighted by atomic mass is 9.98.